The molecular weight excluding hydrogens is 218 g/mol. The summed E-state index contributed by atoms with van der Waals surface area (Å²) in [7, 11) is 0. The Hall–Kier alpha value is -0.810. The monoisotopic (exact) mass is 241 g/mol. The number of piperidine rings is 1. The second-order valence-corrected chi connectivity index (χ2v) is 4.95. The third-order valence-corrected chi connectivity index (χ3v) is 3.51. The van der Waals surface area contributed by atoms with Crippen molar-refractivity contribution in [1.82, 2.24) is 16.0 Å². The zero-order chi connectivity index (χ0) is 11.9. The van der Waals surface area contributed by atoms with Gasteiger partial charge in [0.2, 0.25) is 0 Å². The van der Waals surface area contributed by atoms with Crippen molar-refractivity contribution in [2.75, 3.05) is 32.8 Å². The van der Waals surface area contributed by atoms with E-state index in [4.69, 9.17) is 4.74 Å². The van der Waals surface area contributed by atoms with Crippen LogP contribution in [0, 0.1) is 5.92 Å². The number of urea groups is 1. The van der Waals surface area contributed by atoms with E-state index in [-0.39, 0.29) is 12.1 Å². The smallest absolute Gasteiger partial charge is 0.315 e. The Morgan fingerprint density at radius 2 is 2.12 bits per heavy atom. The second-order valence-electron chi connectivity index (χ2n) is 4.95. The molecule has 2 aliphatic rings. The number of hydrogen-bond acceptors (Lipinski definition) is 3. The zero-order valence-corrected chi connectivity index (χ0v) is 10.3. The van der Waals surface area contributed by atoms with E-state index in [1.54, 1.807) is 0 Å². The normalized spacial score (nSPS) is 26.5. The molecule has 2 aliphatic heterocycles. The molecule has 0 aliphatic carbocycles. The van der Waals surface area contributed by atoms with Gasteiger partial charge in [-0.25, -0.2) is 4.79 Å². The van der Waals surface area contributed by atoms with Crippen molar-refractivity contribution in [3.63, 3.8) is 0 Å². The maximum atomic E-state index is 11.7. The SMILES string of the molecule is O=C(NCC1CCCNC1)NC1CCOCC1. The van der Waals surface area contributed by atoms with Crippen LogP contribution in [0.1, 0.15) is 25.7 Å². The molecule has 1 atom stereocenters. The molecule has 1 unspecified atom stereocenters. The van der Waals surface area contributed by atoms with Crippen molar-refractivity contribution >= 4 is 6.03 Å². The minimum absolute atomic E-state index is 0.0255. The lowest BCUT2D eigenvalue weighted by molar-refractivity contribution is 0.0800. The van der Waals surface area contributed by atoms with E-state index in [9.17, 15) is 4.79 Å². The van der Waals surface area contributed by atoms with Crippen LogP contribution in [0.25, 0.3) is 0 Å². The number of rotatable bonds is 3. The van der Waals surface area contributed by atoms with Crippen LogP contribution in [0.5, 0.6) is 0 Å². The maximum absolute atomic E-state index is 11.7. The molecule has 2 rings (SSSR count). The van der Waals surface area contributed by atoms with Gasteiger partial charge >= 0.3 is 6.03 Å². The molecule has 2 fully saturated rings. The summed E-state index contributed by atoms with van der Waals surface area (Å²) >= 11 is 0. The van der Waals surface area contributed by atoms with Gasteiger partial charge in [0.1, 0.15) is 0 Å². The van der Waals surface area contributed by atoms with E-state index in [0.29, 0.717) is 5.92 Å². The average Bonchev–Trinajstić information content (AvgIpc) is 2.39. The first-order chi connectivity index (χ1) is 8.34. The summed E-state index contributed by atoms with van der Waals surface area (Å²) in [6.45, 7) is 4.44. The van der Waals surface area contributed by atoms with Crippen molar-refractivity contribution in [1.29, 1.82) is 0 Å². The minimum atomic E-state index is -0.0255. The molecule has 2 saturated heterocycles. The predicted molar refractivity (Wildman–Crippen MR) is 66.0 cm³/mol. The van der Waals surface area contributed by atoms with Gasteiger partial charge in [0.25, 0.3) is 0 Å². The van der Waals surface area contributed by atoms with Crippen molar-refractivity contribution in [3.8, 4) is 0 Å². The number of carbonyl (C=O) groups is 1. The summed E-state index contributed by atoms with van der Waals surface area (Å²) in [4.78, 5) is 11.7. The van der Waals surface area contributed by atoms with Gasteiger partial charge in [0.05, 0.1) is 0 Å². The van der Waals surface area contributed by atoms with Crippen LogP contribution in [0.3, 0.4) is 0 Å². The zero-order valence-electron chi connectivity index (χ0n) is 10.3. The summed E-state index contributed by atoms with van der Waals surface area (Å²) in [6, 6.07) is 0.260. The molecule has 17 heavy (non-hydrogen) atoms. The summed E-state index contributed by atoms with van der Waals surface area (Å²) in [6.07, 6.45) is 4.29. The molecule has 0 saturated carbocycles. The molecule has 5 nitrogen and oxygen atoms in total. The van der Waals surface area contributed by atoms with Gasteiger partial charge in [0.15, 0.2) is 0 Å². The topological polar surface area (TPSA) is 62.4 Å². The molecular formula is C12H23N3O2. The molecule has 0 aromatic carbocycles. The standard InChI is InChI=1S/C12H23N3O2/c16-12(15-11-3-6-17-7-4-11)14-9-10-2-1-5-13-8-10/h10-11,13H,1-9H2,(H2,14,15,16). The first-order valence-electron chi connectivity index (χ1n) is 6.67. The largest absolute Gasteiger partial charge is 0.381 e. The summed E-state index contributed by atoms with van der Waals surface area (Å²) < 4.78 is 5.26. The molecule has 0 spiro atoms. The van der Waals surface area contributed by atoms with Gasteiger partial charge < -0.3 is 20.7 Å². The number of ether oxygens (including phenoxy) is 1. The quantitative estimate of drug-likeness (QED) is 0.673. The molecule has 5 heteroatoms. The molecule has 0 bridgehead atoms. The highest BCUT2D eigenvalue weighted by molar-refractivity contribution is 5.74. The van der Waals surface area contributed by atoms with E-state index < -0.39 is 0 Å². The maximum Gasteiger partial charge on any atom is 0.315 e. The highest BCUT2D eigenvalue weighted by atomic mass is 16.5. The van der Waals surface area contributed by atoms with Gasteiger partial charge in [0, 0.05) is 25.8 Å². The minimum Gasteiger partial charge on any atom is -0.381 e. The van der Waals surface area contributed by atoms with E-state index in [0.717, 1.165) is 45.7 Å². The van der Waals surface area contributed by atoms with Crippen molar-refractivity contribution in [3.05, 3.63) is 0 Å². The van der Waals surface area contributed by atoms with Crippen molar-refractivity contribution < 1.29 is 9.53 Å². The number of nitrogens with one attached hydrogen (secondary N) is 3. The van der Waals surface area contributed by atoms with Gasteiger partial charge in [-0.3, -0.25) is 0 Å². The van der Waals surface area contributed by atoms with E-state index in [1.165, 1.54) is 12.8 Å². The summed E-state index contributed by atoms with van der Waals surface area (Å²) in [5, 5.41) is 9.33. The van der Waals surface area contributed by atoms with Crippen LogP contribution in [0.2, 0.25) is 0 Å². The molecule has 2 amide bonds. The van der Waals surface area contributed by atoms with Gasteiger partial charge in [-0.15, -0.1) is 0 Å². The van der Waals surface area contributed by atoms with E-state index in [1.807, 2.05) is 0 Å². The Morgan fingerprint density at radius 1 is 1.29 bits per heavy atom. The lowest BCUT2D eigenvalue weighted by Crippen LogP contribution is -2.47. The number of hydrogen-bond donors (Lipinski definition) is 3. The molecule has 3 N–H and O–H groups in total. The third kappa shape index (κ3) is 4.52. The fourth-order valence-electron chi connectivity index (χ4n) is 2.41. The van der Waals surface area contributed by atoms with Gasteiger partial charge in [-0.05, 0) is 44.7 Å². The number of amides is 2. The Labute approximate surface area is 103 Å². The molecule has 98 valence electrons. The average molecular weight is 241 g/mol. The second kappa shape index (κ2) is 6.81. The van der Waals surface area contributed by atoms with Crippen LogP contribution in [0.15, 0.2) is 0 Å². The lowest BCUT2D eigenvalue weighted by Gasteiger charge is -2.25. The van der Waals surface area contributed by atoms with E-state index in [2.05, 4.69) is 16.0 Å². The fraction of sp³-hybridized carbons (Fsp3) is 0.917. The molecule has 0 radical (unpaired) electrons. The summed E-state index contributed by atoms with van der Waals surface area (Å²) in [5.74, 6) is 0.587. The first-order valence-corrected chi connectivity index (χ1v) is 6.67. The number of carbonyl (C=O) groups excluding carboxylic acids is 1. The highest BCUT2D eigenvalue weighted by Gasteiger charge is 2.17. The molecule has 0 aromatic heterocycles. The van der Waals surface area contributed by atoms with Crippen molar-refractivity contribution in [2.45, 2.75) is 31.7 Å². The highest BCUT2D eigenvalue weighted by Crippen LogP contribution is 2.08. The Balaban J connectivity index is 1.59. The van der Waals surface area contributed by atoms with Gasteiger partial charge in [-0.1, -0.05) is 0 Å². The summed E-state index contributed by atoms with van der Waals surface area (Å²) in [5.41, 5.74) is 0. The Kier molecular flexibility index (Phi) is 5.07. The first kappa shape index (κ1) is 12.6. The molecule has 0 aromatic rings. The van der Waals surface area contributed by atoms with E-state index >= 15 is 0 Å². The van der Waals surface area contributed by atoms with Crippen LogP contribution in [-0.2, 0) is 4.74 Å². The van der Waals surface area contributed by atoms with Crippen LogP contribution >= 0.6 is 0 Å². The fourth-order valence-corrected chi connectivity index (χ4v) is 2.41. The van der Waals surface area contributed by atoms with Crippen LogP contribution in [0.4, 0.5) is 4.79 Å². The Bertz CT molecular complexity index is 236. The third-order valence-electron chi connectivity index (χ3n) is 3.51. The van der Waals surface area contributed by atoms with Gasteiger partial charge in [-0.2, -0.15) is 0 Å². The molecule has 2 heterocycles. The van der Waals surface area contributed by atoms with Crippen LogP contribution in [-0.4, -0.2) is 44.9 Å². The van der Waals surface area contributed by atoms with Crippen LogP contribution < -0.4 is 16.0 Å². The lowest BCUT2D eigenvalue weighted by atomic mass is 10.00. The van der Waals surface area contributed by atoms with Crippen molar-refractivity contribution in [2.24, 2.45) is 5.92 Å². The Morgan fingerprint density at radius 3 is 2.82 bits per heavy atom. The predicted octanol–water partition coefficient (Wildman–Crippen LogP) is 0.464.